The molecule has 2 atom stereocenters. The lowest BCUT2D eigenvalue weighted by Crippen LogP contribution is -2.42. The Bertz CT molecular complexity index is 731. The second kappa shape index (κ2) is 6.66. The highest BCUT2D eigenvalue weighted by molar-refractivity contribution is 7.91. The van der Waals surface area contributed by atoms with Crippen LogP contribution >= 0.6 is 0 Å². The molecule has 2 rings (SSSR count). The van der Waals surface area contributed by atoms with Crippen LogP contribution in [0.2, 0.25) is 0 Å². The molecule has 23 heavy (non-hydrogen) atoms. The van der Waals surface area contributed by atoms with Crippen molar-refractivity contribution in [2.24, 2.45) is 0 Å². The number of hydrogen-bond donors (Lipinski definition) is 1. The summed E-state index contributed by atoms with van der Waals surface area (Å²) in [4.78, 5) is 23.8. The number of ether oxygens (including phenoxy) is 1. The van der Waals surface area contributed by atoms with Crippen molar-refractivity contribution in [3.05, 3.63) is 35.1 Å². The van der Waals surface area contributed by atoms with Crippen molar-refractivity contribution < 1.29 is 27.1 Å². The quantitative estimate of drug-likeness (QED) is 0.823. The molecule has 6 nitrogen and oxygen atoms in total. The molecule has 1 aromatic rings. The van der Waals surface area contributed by atoms with E-state index in [-0.39, 0.29) is 17.1 Å². The van der Waals surface area contributed by atoms with Crippen LogP contribution in [0.3, 0.4) is 0 Å². The van der Waals surface area contributed by atoms with Gasteiger partial charge in [-0.15, -0.1) is 0 Å². The molecule has 1 aliphatic rings. The smallest absolute Gasteiger partial charge is 0.339 e. The van der Waals surface area contributed by atoms with Gasteiger partial charge in [0.05, 0.1) is 17.1 Å². The maximum atomic E-state index is 13.4. The van der Waals surface area contributed by atoms with Gasteiger partial charge in [0.15, 0.2) is 15.9 Å². The number of halogens is 1. The van der Waals surface area contributed by atoms with Crippen molar-refractivity contribution in [2.45, 2.75) is 32.4 Å². The summed E-state index contributed by atoms with van der Waals surface area (Å²) in [7, 11) is -3.11. The number of carbonyl (C=O) groups is 2. The fourth-order valence-corrected chi connectivity index (χ4v) is 3.90. The molecule has 0 saturated carbocycles. The van der Waals surface area contributed by atoms with Crippen molar-refractivity contribution in [3.63, 3.8) is 0 Å². The Morgan fingerprint density at radius 1 is 1.39 bits per heavy atom. The number of sulfone groups is 1. The van der Waals surface area contributed by atoms with Crippen LogP contribution in [0.15, 0.2) is 18.2 Å². The van der Waals surface area contributed by atoms with E-state index in [1.807, 2.05) is 0 Å². The molecule has 1 aliphatic heterocycles. The van der Waals surface area contributed by atoms with Gasteiger partial charge in [0.1, 0.15) is 5.82 Å². The first kappa shape index (κ1) is 17.4. The minimum atomic E-state index is -3.11. The molecule has 0 aromatic heterocycles. The van der Waals surface area contributed by atoms with E-state index in [0.717, 1.165) is 6.07 Å². The van der Waals surface area contributed by atoms with Gasteiger partial charge < -0.3 is 10.1 Å². The van der Waals surface area contributed by atoms with E-state index in [1.165, 1.54) is 19.1 Å². The molecule has 1 aromatic carbocycles. The number of rotatable bonds is 4. The van der Waals surface area contributed by atoms with Gasteiger partial charge in [0, 0.05) is 6.04 Å². The lowest BCUT2D eigenvalue weighted by molar-refractivity contribution is -0.129. The van der Waals surface area contributed by atoms with Crippen LogP contribution in [0.1, 0.15) is 29.3 Å². The van der Waals surface area contributed by atoms with Crippen LogP contribution < -0.4 is 5.32 Å². The molecule has 1 N–H and O–H groups in total. The van der Waals surface area contributed by atoms with Crippen LogP contribution in [0.5, 0.6) is 0 Å². The van der Waals surface area contributed by atoms with E-state index < -0.39 is 39.7 Å². The zero-order valence-electron chi connectivity index (χ0n) is 12.8. The first-order chi connectivity index (χ1) is 10.7. The second-order valence-corrected chi connectivity index (χ2v) is 7.85. The van der Waals surface area contributed by atoms with E-state index >= 15 is 0 Å². The van der Waals surface area contributed by atoms with Crippen LogP contribution in [0.25, 0.3) is 0 Å². The van der Waals surface area contributed by atoms with Crippen molar-refractivity contribution in [1.29, 1.82) is 0 Å². The third-order valence-electron chi connectivity index (χ3n) is 3.64. The van der Waals surface area contributed by atoms with Crippen LogP contribution in [-0.2, 0) is 19.4 Å². The summed E-state index contributed by atoms with van der Waals surface area (Å²) in [5.41, 5.74) is 0.408. The molecule has 126 valence electrons. The highest BCUT2D eigenvalue weighted by Crippen LogP contribution is 2.13. The second-order valence-electron chi connectivity index (χ2n) is 5.62. The monoisotopic (exact) mass is 343 g/mol. The first-order valence-electron chi connectivity index (χ1n) is 7.16. The highest BCUT2D eigenvalue weighted by Gasteiger charge is 2.30. The van der Waals surface area contributed by atoms with Gasteiger partial charge in [-0.3, -0.25) is 4.79 Å². The Labute approximate surface area is 133 Å². The van der Waals surface area contributed by atoms with Gasteiger partial charge in [-0.05, 0) is 38.0 Å². The Hall–Kier alpha value is -1.96. The van der Waals surface area contributed by atoms with Crippen LogP contribution in [-0.4, -0.2) is 43.9 Å². The Morgan fingerprint density at radius 3 is 2.65 bits per heavy atom. The molecule has 0 radical (unpaired) electrons. The molecule has 0 unspecified atom stereocenters. The lowest BCUT2D eigenvalue weighted by atomic mass is 10.1. The predicted molar refractivity (Wildman–Crippen MR) is 81.2 cm³/mol. The molecular weight excluding hydrogens is 325 g/mol. The van der Waals surface area contributed by atoms with Gasteiger partial charge >= 0.3 is 5.97 Å². The van der Waals surface area contributed by atoms with Gasteiger partial charge in [-0.1, -0.05) is 6.07 Å². The highest BCUT2D eigenvalue weighted by atomic mass is 32.2. The van der Waals surface area contributed by atoms with Crippen LogP contribution in [0.4, 0.5) is 4.39 Å². The maximum Gasteiger partial charge on any atom is 0.339 e. The first-order valence-corrected chi connectivity index (χ1v) is 8.98. The van der Waals surface area contributed by atoms with E-state index in [2.05, 4.69) is 5.32 Å². The molecule has 8 heteroatoms. The number of esters is 1. The van der Waals surface area contributed by atoms with E-state index in [4.69, 9.17) is 4.74 Å². The zero-order valence-corrected chi connectivity index (χ0v) is 13.7. The average Bonchev–Trinajstić information content (AvgIpc) is 2.80. The summed E-state index contributed by atoms with van der Waals surface area (Å²) in [6.07, 6.45) is -0.757. The molecule has 1 amide bonds. The molecule has 1 saturated heterocycles. The summed E-state index contributed by atoms with van der Waals surface area (Å²) < 4.78 is 41.1. The summed E-state index contributed by atoms with van der Waals surface area (Å²) in [5.74, 6) is -2.00. The van der Waals surface area contributed by atoms with Gasteiger partial charge in [0.2, 0.25) is 0 Å². The Morgan fingerprint density at radius 2 is 2.09 bits per heavy atom. The topological polar surface area (TPSA) is 89.5 Å². The fourth-order valence-electron chi connectivity index (χ4n) is 2.23. The van der Waals surface area contributed by atoms with E-state index in [0.29, 0.717) is 12.0 Å². The molecule has 1 fully saturated rings. The van der Waals surface area contributed by atoms with Crippen LogP contribution in [0, 0.1) is 12.7 Å². The molecule has 0 bridgehead atoms. The SMILES string of the molecule is Cc1ccc(C(=O)O[C@H](C)C(=O)N[C@@H]2CCS(=O)(=O)C2)cc1F. The number of carbonyl (C=O) groups excluding carboxylic acids is 2. The normalized spacial score (nSPS) is 20.7. The largest absolute Gasteiger partial charge is 0.449 e. The Kier molecular flexibility index (Phi) is 5.03. The number of hydrogen-bond acceptors (Lipinski definition) is 5. The summed E-state index contributed by atoms with van der Waals surface area (Å²) in [5, 5.41) is 2.54. The fraction of sp³-hybridized carbons (Fsp3) is 0.467. The summed E-state index contributed by atoms with van der Waals surface area (Å²) >= 11 is 0. The van der Waals surface area contributed by atoms with Gasteiger partial charge in [0.25, 0.3) is 5.91 Å². The maximum absolute atomic E-state index is 13.4. The number of benzene rings is 1. The molecule has 1 heterocycles. The Balaban J connectivity index is 1.92. The lowest BCUT2D eigenvalue weighted by Gasteiger charge is -2.16. The van der Waals surface area contributed by atoms with Gasteiger partial charge in [-0.2, -0.15) is 0 Å². The van der Waals surface area contributed by atoms with Crippen molar-refractivity contribution in [2.75, 3.05) is 11.5 Å². The minimum Gasteiger partial charge on any atom is -0.449 e. The third-order valence-corrected chi connectivity index (χ3v) is 5.41. The molecule has 0 aliphatic carbocycles. The molecular formula is C15H18FNO5S. The van der Waals surface area contributed by atoms with Gasteiger partial charge in [-0.25, -0.2) is 17.6 Å². The van der Waals surface area contributed by atoms with Crippen molar-refractivity contribution in [1.82, 2.24) is 5.32 Å². The zero-order chi connectivity index (χ0) is 17.2. The standard InChI is InChI=1S/C15H18FNO5S/c1-9-3-4-11(7-13(9)16)15(19)22-10(2)14(18)17-12-5-6-23(20,21)8-12/h3-4,7,10,12H,5-6,8H2,1-2H3,(H,17,18)/t10-,12-/m1/s1. The van der Waals surface area contributed by atoms with Crippen molar-refractivity contribution in [3.8, 4) is 0 Å². The summed E-state index contributed by atoms with van der Waals surface area (Å²) in [6.45, 7) is 2.94. The molecule has 0 spiro atoms. The minimum absolute atomic E-state index is 0.0104. The third kappa shape index (κ3) is 4.51. The van der Waals surface area contributed by atoms with Crippen molar-refractivity contribution >= 4 is 21.7 Å². The number of nitrogens with one attached hydrogen (secondary N) is 1. The predicted octanol–water partition coefficient (Wildman–Crippen LogP) is 0.983. The van der Waals surface area contributed by atoms with E-state index in [9.17, 15) is 22.4 Å². The average molecular weight is 343 g/mol. The number of amides is 1. The van der Waals surface area contributed by atoms with E-state index in [1.54, 1.807) is 6.92 Å². The number of aryl methyl sites for hydroxylation is 1. The summed E-state index contributed by atoms with van der Waals surface area (Å²) in [6, 6.07) is 3.44.